The molecule has 0 aliphatic carbocycles. The number of rotatable bonds is 7. The summed E-state index contributed by atoms with van der Waals surface area (Å²) < 4.78 is 51.3. The Bertz CT molecular complexity index is 138. The zero-order valence-corrected chi connectivity index (χ0v) is 7.69. The normalized spacial score (nSPS) is 14.4. The Balaban J connectivity index is 3.14. The van der Waals surface area contributed by atoms with Gasteiger partial charge < -0.3 is 9.84 Å². The number of alkyl halides is 4. The van der Waals surface area contributed by atoms with Crippen molar-refractivity contribution in [2.24, 2.45) is 0 Å². The van der Waals surface area contributed by atoms with E-state index in [1.165, 1.54) is 0 Å². The van der Waals surface area contributed by atoms with Gasteiger partial charge in [0.05, 0.1) is 6.61 Å². The monoisotopic (exact) mass is 218 g/mol. The Kier molecular flexibility index (Phi) is 6.82. The molecule has 0 aromatic heterocycles. The Hall–Kier alpha value is -0.360. The third-order valence-electron chi connectivity index (χ3n) is 1.52. The van der Waals surface area contributed by atoms with Gasteiger partial charge in [0.15, 0.2) is 0 Å². The van der Waals surface area contributed by atoms with Crippen molar-refractivity contribution in [3.63, 3.8) is 0 Å². The van der Waals surface area contributed by atoms with Crippen LogP contribution < -0.4 is 0 Å². The van der Waals surface area contributed by atoms with Gasteiger partial charge in [-0.25, -0.2) is 4.39 Å². The molecule has 0 radical (unpaired) electrons. The third-order valence-corrected chi connectivity index (χ3v) is 1.52. The summed E-state index contributed by atoms with van der Waals surface area (Å²) in [6, 6.07) is 0. The third kappa shape index (κ3) is 9.73. The Morgan fingerprint density at radius 1 is 1.21 bits per heavy atom. The topological polar surface area (TPSA) is 29.5 Å². The molecule has 0 aromatic rings. The Labute approximate surface area is 79.9 Å². The quantitative estimate of drug-likeness (QED) is 0.523. The van der Waals surface area contributed by atoms with Gasteiger partial charge in [-0.05, 0) is 19.3 Å². The van der Waals surface area contributed by atoms with Crippen LogP contribution in [0.2, 0.25) is 0 Å². The van der Waals surface area contributed by atoms with Crippen LogP contribution in [-0.4, -0.2) is 37.3 Å². The van der Waals surface area contributed by atoms with Crippen molar-refractivity contribution in [1.82, 2.24) is 0 Å². The van der Waals surface area contributed by atoms with E-state index in [1.807, 2.05) is 0 Å². The molecule has 0 aliphatic heterocycles. The van der Waals surface area contributed by atoms with E-state index >= 15 is 0 Å². The molecule has 0 heterocycles. The fourth-order valence-electron chi connectivity index (χ4n) is 0.849. The van der Waals surface area contributed by atoms with Crippen LogP contribution >= 0.6 is 0 Å². The van der Waals surface area contributed by atoms with Gasteiger partial charge in [0.1, 0.15) is 12.8 Å². The molecule has 0 spiro atoms. The lowest BCUT2D eigenvalue weighted by molar-refractivity contribution is -0.174. The van der Waals surface area contributed by atoms with Crippen molar-refractivity contribution >= 4 is 0 Å². The van der Waals surface area contributed by atoms with Gasteiger partial charge in [0.2, 0.25) is 0 Å². The minimum absolute atomic E-state index is 0.0301. The minimum atomic E-state index is -4.30. The SMILES string of the molecule is OCC(F)CCCCOCC(F)(F)F. The molecule has 0 bridgehead atoms. The summed E-state index contributed by atoms with van der Waals surface area (Å²) in [6.45, 7) is -1.83. The predicted octanol–water partition coefficient (Wildman–Crippen LogP) is 2.07. The molecule has 2 nitrogen and oxygen atoms in total. The lowest BCUT2D eigenvalue weighted by Crippen LogP contribution is -2.17. The molecular formula is C8H14F4O2. The van der Waals surface area contributed by atoms with Crippen LogP contribution in [0.5, 0.6) is 0 Å². The Morgan fingerprint density at radius 2 is 1.86 bits per heavy atom. The summed E-state index contributed by atoms with van der Waals surface area (Å²) in [5.41, 5.74) is 0. The van der Waals surface area contributed by atoms with Gasteiger partial charge in [-0.2, -0.15) is 13.2 Å². The van der Waals surface area contributed by atoms with Crippen LogP contribution in [0.25, 0.3) is 0 Å². The molecular weight excluding hydrogens is 204 g/mol. The molecule has 1 atom stereocenters. The highest BCUT2D eigenvalue weighted by molar-refractivity contribution is 4.53. The number of hydrogen-bond donors (Lipinski definition) is 1. The molecule has 1 N–H and O–H groups in total. The minimum Gasteiger partial charge on any atom is -0.393 e. The number of unbranched alkanes of at least 4 members (excludes halogenated alkanes) is 1. The second-order valence-corrected chi connectivity index (χ2v) is 2.94. The lowest BCUT2D eigenvalue weighted by atomic mass is 10.2. The highest BCUT2D eigenvalue weighted by Gasteiger charge is 2.27. The molecule has 0 aromatic carbocycles. The van der Waals surface area contributed by atoms with Crippen molar-refractivity contribution < 1.29 is 27.4 Å². The average molecular weight is 218 g/mol. The van der Waals surface area contributed by atoms with Crippen molar-refractivity contribution in [2.45, 2.75) is 31.6 Å². The molecule has 0 fully saturated rings. The molecule has 86 valence electrons. The summed E-state index contributed by atoms with van der Waals surface area (Å²) >= 11 is 0. The number of aliphatic hydroxyl groups excluding tert-OH is 1. The molecule has 0 aliphatic rings. The van der Waals surface area contributed by atoms with Crippen LogP contribution in [0.3, 0.4) is 0 Å². The predicted molar refractivity (Wildman–Crippen MR) is 42.7 cm³/mol. The second kappa shape index (κ2) is 7.00. The Morgan fingerprint density at radius 3 is 2.36 bits per heavy atom. The maximum absolute atomic E-state index is 12.4. The van der Waals surface area contributed by atoms with Crippen LogP contribution in [0.4, 0.5) is 17.6 Å². The first-order chi connectivity index (χ1) is 6.45. The molecule has 0 saturated heterocycles. The fraction of sp³-hybridized carbons (Fsp3) is 1.00. The van der Waals surface area contributed by atoms with Gasteiger partial charge in [-0.15, -0.1) is 0 Å². The largest absolute Gasteiger partial charge is 0.411 e. The number of aliphatic hydroxyl groups is 1. The zero-order chi connectivity index (χ0) is 11.0. The lowest BCUT2D eigenvalue weighted by Gasteiger charge is -2.07. The van der Waals surface area contributed by atoms with E-state index in [0.29, 0.717) is 12.8 Å². The second-order valence-electron chi connectivity index (χ2n) is 2.94. The summed E-state index contributed by atoms with van der Waals surface area (Å²) in [4.78, 5) is 0. The smallest absolute Gasteiger partial charge is 0.393 e. The number of halogens is 4. The van der Waals surface area contributed by atoms with E-state index in [1.54, 1.807) is 0 Å². The summed E-state index contributed by atoms with van der Waals surface area (Å²) in [5.74, 6) is 0. The molecule has 0 amide bonds. The van der Waals surface area contributed by atoms with Crippen molar-refractivity contribution in [2.75, 3.05) is 19.8 Å². The first kappa shape index (κ1) is 13.6. The van der Waals surface area contributed by atoms with Crippen LogP contribution in [0, 0.1) is 0 Å². The summed E-state index contributed by atoms with van der Waals surface area (Å²) in [5, 5.41) is 8.29. The fourth-order valence-corrected chi connectivity index (χ4v) is 0.849. The highest BCUT2D eigenvalue weighted by atomic mass is 19.4. The molecule has 14 heavy (non-hydrogen) atoms. The van der Waals surface area contributed by atoms with Crippen molar-refractivity contribution in [3.05, 3.63) is 0 Å². The first-order valence-corrected chi connectivity index (χ1v) is 4.35. The zero-order valence-electron chi connectivity index (χ0n) is 7.69. The first-order valence-electron chi connectivity index (χ1n) is 4.35. The molecule has 0 rings (SSSR count). The van der Waals surface area contributed by atoms with E-state index in [-0.39, 0.29) is 13.0 Å². The maximum Gasteiger partial charge on any atom is 0.411 e. The van der Waals surface area contributed by atoms with Gasteiger partial charge in [0, 0.05) is 6.61 Å². The molecule has 0 saturated carbocycles. The molecule has 6 heteroatoms. The van der Waals surface area contributed by atoms with Crippen LogP contribution in [0.15, 0.2) is 0 Å². The van der Waals surface area contributed by atoms with E-state index in [4.69, 9.17) is 5.11 Å². The molecule has 1 unspecified atom stereocenters. The van der Waals surface area contributed by atoms with Gasteiger partial charge in [-0.3, -0.25) is 0 Å². The van der Waals surface area contributed by atoms with Crippen molar-refractivity contribution in [3.8, 4) is 0 Å². The highest BCUT2D eigenvalue weighted by Crippen LogP contribution is 2.14. The average Bonchev–Trinajstić information content (AvgIpc) is 2.08. The van der Waals surface area contributed by atoms with E-state index in [0.717, 1.165) is 0 Å². The summed E-state index contributed by atoms with van der Waals surface area (Å²) in [6.07, 6.45) is -4.63. The van der Waals surface area contributed by atoms with E-state index in [9.17, 15) is 17.6 Å². The van der Waals surface area contributed by atoms with Gasteiger partial charge in [-0.1, -0.05) is 0 Å². The van der Waals surface area contributed by atoms with Crippen LogP contribution in [0.1, 0.15) is 19.3 Å². The van der Waals surface area contributed by atoms with Crippen LogP contribution in [-0.2, 0) is 4.74 Å². The number of ether oxygens (including phenoxy) is 1. The van der Waals surface area contributed by atoms with Gasteiger partial charge in [0.25, 0.3) is 0 Å². The number of hydrogen-bond acceptors (Lipinski definition) is 2. The van der Waals surface area contributed by atoms with E-state index in [2.05, 4.69) is 4.74 Å². The van der Waals surface area contributed by atoms with E-state index < -0.39 is 25.6 Å². The van der Waals surface area contributed by atoms with Gasteiger partial charge >= 0.3 is 6.18 Å². The standard InChI is InChI=1S/C8H14F4O2/c9-7(5-13)3-1-2-4-14-6-8(10,11)12/h7,13H,1-6H2. The van der Waals surface area contributed by atoms with Crippen molar-refractivity contribution in [1.29, 1.82) is 0 Å². The summed E-state index contributed by atoms with van der Waals surface area (Å²) in [7, 11) is 0. The maximum atomic E-state index is 12.4.